The van der Waals surface area contributed by atoms with Crippen molar-refractivity contribution in [3.05, 3.63) is 140 Å². The summed E-state index contributed by atoms with van der Waals surface area (Å²) in [6, 6.07) is 47.3. The molecule has 0 aliphatic carbocycles. The Kier molecular flexibility index (Phi) is 5.87. The van der Waals surface area contributed by atoms with Gasteiger partial charge in [0.15, 0.2) is 5.82 Å². The Morgan fingerprint density at radius 2 is 0.667 bits per heavy atom. The Labute approximate surface area is 210 Å². The van der Waals surface area contributed by atoms with Gasteiger partial charge in [-0.3, -0.25) is 0 Å². The molecule has 2 heterocycles. The van der Waals surface area contributed by atoms with Crippen molar-refractivity contribution in [2.45, 2.75) is 0 Å². The van der Waals surface area contributed by atoms with Crippen molar-refractivity contribution in [1.82, 2.24) is 15.0 Å². The highest BCUT2D eigenvalue weighted by Crippen LogP contribution is 2.29. The Bertz CT molecular complexity index is 1540. The SMILES string of the molecule is c1ccc(-c2cccc(-c3ccc(-c4cc(-c5ccccc5)nc(-c5ccccc5)n4)cc3)n2)cc1. The van der Waals surface area contributed by atoms with Crippen LogP contribution in [0.25, 0.3) is 56.4 Å². The molecule has 0 amide bonds. The lowest BCUT2D eigenvalue weighted by molar-refractivity contribution is 1.18. The molecule has 3 heteroatoms. The first-order valence-electron chi connectivity index (χ1n) is 12.0. The van der Waals surface area contributed by atoms with Gasteiger partial charge in [0.1, 0.15) is 0 Å². The van der Waals surface area contributed by atoms with Gasteiger partial charge in [-0.25, -0.2) is 15.0 Å². The molecule has 3 nitrogen and oxygen atoms in total. The van der Waals surface area contributed by atoms with Crippen LogP contribution in [0, 0.1) is 0 Å². The minimum atomic E-state index is 0.716. The molecule has 0 saturated heterocycles. The van der Waals surface area contributed by atoms with Gasteiger partial charge in [-0.1, -0.05) is 121 Å². The Balaban J connectivity index is 1.38. The second kappa shape index (κ2) is 9.77. The Morgan fingerprint density at radius 1 is 0.278 bits per heavy atom. The third kappa shape index (κ3) is 4.55. The Morgan fingerprint density at radius 3 is 1.17 bits per heavy atom. The van der Waals surface area contributed by atoms with Crippen molar-refractivity contribution >= 4 is 0 Å². The van der Waals surface area contributed by atoms with Crippen LogP contribution >= 0.6 is 0 Å². The van der Waals surface area contributed by atoms with Crippen LogP contribution in [-0.4, -0.2) is 15.0 Å². The van der Waals surface area contributed by atoms with Crippen LogP contribution in [0.1, 0.15) is 0 Å². The quantitative estimate of drug-likeness (QED) is 0.260. The zero-order chi connectivity index (χ0) is 24.2. The number of rotatable bonds is 5. The number of hydrogen-bond acceptors (Lipinski definition) is 3. The number of nitrogens with zero attached hydrogens (tertiary/aromatic N) is 3. The monoisotopic (exact) mass is 461 g/mol. The van der Waals surface area contributed by atoms with Gasteiger partial charge in [0.25, 0.3) is 0 Å². The zero-order valence-electron chi connectivity index (χ0n) is 19.6. The minimum absolute atomic E-state index is 0.716. The van der Waals surface area contributed by atoms with E-state index >= 15 is 0 Å². The van der Waals surface area contributed by atoms with E-state index in [0.29, 0.717) is 5.82 Å². The molecule has 0 spiro atoms. The molecule has 0 fully saturated rings. The standard InChI is InChI=1S/C33H23N3/c1-4-11-24(12-5-1)29-17-10-18-30(34-29)26-19-21-27(22-20-26)32-23-31(25-13-6-2-7-14-25)35-33(36-32)28-15-8-3-9-16-28/h1-23H. The summed E-state index contributed by atoms with van der Waals surface area (Å²) >= 11 is 0. The topological polar surface area (TPSA) is 38.7 Å². The maximum atomic E-state index is 4.93. The van der Waals surface area contributed by atoms with E-state index < -0.39 is 0 Å². The molecule has 170 valence electrons. The largest absolute Gasteiger partial charge is 0.248 e. The number of benzene rings is 4. The van der Waals surface area contributed by atoms with E-state index in [4.69, 9.17) is 15.0 Å². The van der Waals surface area contributed by atoms with Gasteiger partial charge in [0, 0.05) is 27.8 Å². The summed E-state index contributed by atoms with van der Waals surface area (Å²) in [7, 11) is 0. The molecule has 6 aromatic rings. The third-order valence-corrected chi connectivity index (χ3v) is 6.12. The highest BCUT2D eigenvalue weighted by molar-refractivity contribution is 5.74. The van der Waals surface area contributed by atoms with Crippen LogP contribution in [-0.2, 0) is 0 Å². The maximum Gasteiger partial charge on any atom is 0.160 e. The molecule has 2 aromatic heterocycles. The van der Waals surface area contributed by atoms with E-state index in [-0.39, 0.29) is 0 Å². The molecule has 0 aliphatic rings. The van der Waals surface area contributed by atoms with Crippen molar-refractivity contribution in [3.8, 4) is 56.4 Å². The third-order valence-electron chi connectivity index (χ3n) is 6.12. The predicted molar refractivity (Wildman–Crippen MR) is 147 cm³/mol. The molecule has 0 radical (unpaired) electrons. The van der Waals surface area contributed by atoms with Crippen LogP contribution in [0.4, 0.5) is 0 Å². The molecule has 36 heavy (non-hydrogen) atoms. The summed E-state index contributed by atoms with van der Waals surface area (Å²) in [6.45, 7) is 0. The van der Waals surface area contributed by atoms with Crippen molar-refractivity contribution < 1.29 is 0 Å². The van der Waals surface area contributed by atoms with E-state index in [1.54, 1.807) is 0 Å². The highest BCUT2D eigenvalue weighted by atomic mass is 14.9. The first kappa shape index (κ1) is 21.6. The molecule has 0 saturated carbocycles. The average molecular weight is 462 g/mol. The lowest BCUT2D eigenvalue weighted by atomic mass is 10.0. The van der Waals surface area contributed by atoms with Gasteiger partial charge in [-0.05, 0) is 18.2 Å². The molecule has 0 bridgehead atoms. The fraction of sp³-hybridized carbons (Fsp3) is 0. The number of hydrogen-bond donors (Lipinski definition) is 0. The first-order valence-corrected chi connectivity index (χ1v) is 12.0. The lowest BCUT2D eigenvalue weighted by Crippen LogP contribution is -1.96. The summed E-state index contributed by atoms with van der Waals surface area (Å²) in [5, 5.41) is 0. The summed E-state index contributed by atoms with van der Waals surface area (Å²) in [5.74, 6) is 0.716. The predicted octanol–water partition coefficient (Wildman–Crippen LogP) is 8.21. The van der Waals surface area contributed by atoms with E-state index in [1.165, 1.54) is 0 Å². The van der Waals surface area contributed by atoms with Crippen LogP contribution in [0.3, 0.4) is 0 Å². The van der Waals surface area contributed by atoms with Crippen molar-refractivity contribution in [3.63, 3.8) is 0 Å². The van der Waals surface area contributed by atoms with E-state index in [1.807, 2.05) is 78.9 Å². The fourth-order valence-electron chi connectivity index (χ4n) is 4.25. The van der Waals surface area contributed by atoms with Crippen LogP contribution in [0.2, 0.25) is 0 Å². The van der Waals surface area contributed by atoms with Gasteiger partial charge in [0.05, 0.1) is 22.8 Å². The molecule has 4 aromatic carbocycles. The second-order valence-corrected chi connectivity index (χ2v) is 8.55. The molecular weight excluding hydrogens is 438 g/mol. The van der Waals surface area contributed by atoms with Crippen LogP contribution < -0.4 is 0 Å². The van der Waals surface area contributed by atoms with Gasteiger partial charge in [0.2, 0.25) is 0 Å². The molecule has 0 aliphatic heterocycles. The van der Waals surface area contributed by atoms with E-state index in [2.05, 4.69) is 60.7 Å². The van der Waals surface area contributed by atoms with Gasteiger partial charge >= 0.3 is 0 Å². The van der Waals surface area contributed by atoms with Gasteiger partial charge in [-0.15, -0.1) is 0 Å². The molecule has 0 N–H and O–H groups in total. The van der Waals surface area contributed by atoms with Crippen LogP contribution in [0.15, 0.2) is 140 Å². The highest BCUT2D eigenvalue weighted by Gasteiger charge is 2.11. The maximum absolute atomic E-state index is 4.93. The van der Waals surface area contributed by atoms with Crippen molar-refractivity contribution in [2.24, 2.45) is 0 Å². The van der Waals surface area contributed by atoms with Crippen molar-refractivity contribution in [2.75, 3.05) is 0 Å². The lowest BCUT2D eigenvalue weighted by Gasteiger charge is -2.10. The Hall–Kier alpha value is -4.89. The summed E-state index contributed by atoms with van der Waals surface area (Å²) in [4.78, 5) is 14.7. The van der Waals surface area contributed by atoms with E-state index in [9.17, 15) is 0 Å². The van der Waals surface area contributed by atoms with E-state index in [0.717, 1.165) is 50.6 Å². The molecule has 6 rings (SSSR count). The first-order chi connectivity index (χ1) is 17.8. The summed E-state index contributed by atoms with van der Waals surface area (Å²) in [5.41, 5.74) is 8.98. The molecule has 0 unspecified atom stereocenters. The second-order valence-electron chi connectivity index (χ2n) is 8.55. The molecule has 0 atom stereocenters. The minimum Gasteiger partial charge on any atom is -0.248 e. The number of aromatic nitrogens is 3. The van der Waals surface area contributed by atoms with Gasteiger partial charge in [-0.2, -0.15) is 0 Å². The van der Waals surface area contributed by atoms with Gasteiger partial charge < -0.3 is 0 Å². The summed E-state index contributed by atoms with van der Waals surface area (Å²) in [6.07, 6.45) is 0. The normalized spacial score (nSPS) is 10.8. The summed E-state index contributed by atoms with van der Waals surface area (Å²) < 4.78 is 0. The van der Waals surface area contributed by atoms with Crippen LogP contribution in [0.5, 0.6) is 0 Å². The fourth-order valence-corrected chi connectivity index (χ4v) is 4.25. The molecular formula is C33H23N3. The number of pyridine rings is 1. The average Bonchev–Trinajstić information content (AvgIpc) is 2.98. The smallest absolute Gasteiger partial charge is 0.160 e. The zero-order valence-corrected chi connectivity index (χ0v) is 19.6. The van der Waals surface area contributed by atoms with Crippen molar-refractivity contribution in [1.29, 1.82) is 0 Å².